The molecule has 1 aromatic carbocycles. The standard InChI is InChI=1S/C15H19N3O2/c1-10(11-6-7-11)14(19)16-8-9-18-13-5-3-2-4-12(13)17-15(18)20/h2-5,10-11H,6-9H2,1H3,(H,16,19)(H,17,20). The molecule has 5 nitrogen and oxygen atoms in total. The van der Waals surface area contributed by atoms with E-state index in [1.54, 1.807) is 4.57 Å². The van der Waals surface area contributed by atoms with Gasteiger partial charge in [-0.15, -0.1) is 0 Å². The van der Waals surface area contributed by atoms with Gasteiger partial charge in [-0.2, -0.15) is 0 Å². The summed E-state index contributed by atoms with van der Waals surface area (Å²) in [6.45, 7) is 2.95. The first-order valence-electron chi connectivity index (χ1n) is 7.12. The van der Waals surface area contributed by atoms with Gasteiger partial charge in [0, 0.05) is 19.0 Å². The molecule has 1 atom stereocenters. The van der Waals surface area contributed by atoms with Gasteiger partial charge >= 0.3 is 5.69 Å². The number of fused-ring (bicyclic) bond motifs is 1. The van der Waals surface area contributed by atoms with Crippen LogP contribution in [0.3, 0.4) is 0 Å². The van der Waals surface area contributed by atoms with Gasteiger partial charge < -0.3 is 10.3 Å². The Kier molecular flexibility index (Phi) is 3.34. The molecule has 106 valence electrons. The summed E-state index contributed by atoms with van der Waals surface area (Å²) in [5.41, 5.74) is 1.58. The number of aromatic amines is 1. The fourth-order valence-electron chi connectivity index (χ4n) is 2.59. The number of carbonyl (C=O) groups excluding carboxylic acids is 1. The second kappa shape index (κ2) is 5.15. The van der Waals surface area contributed by atoms with E-state index in [1.165, 1.54) is 0 Å². The van der Waals surface area contributed by atoms with Crippen molar-refractivity contribution in [2.24, 2.45) is 11.8 Å². The Morgan fingerprint density at radius 1 is 1.45 bits per heavy atom. The molecule has 1 aliphatic rings. The Hall–Kier alpha value is -2.04. The summed E-state index contributed by atoms with van der Waals surface area (Å²) >= 11 is 0. The monoisotopic (exact) mass is 273 g/mol. The molecule has 1 aromatic heterocycles. The average molecular weight is 273 g/mol. The van der Waals surface area contributed by atoms with Gasteiger partial charge in [0.05, 0.1) is 11.0 Å². The van der Waals surface area contributed by atoms with Crippen molar-refractivity contribution in [3.8, 4) is 0 Å². The molecule has 1 aliphatic carbocycles. The van der Waals surface area contributed by atoms with E-state index in [1.807, 2.05) is 31.2 Å². The number of nitrogens with zero attached hydrogens (tertiary/aromatic N) is 1. The fraction of sp³-hybridized carbons (Fsp3) is 0.467. The average Bonchev–Trinajstić information content (AvgIpc) is 3.23. The number of H-pyrrole nitrogens is 1. The number of carbonyl (C=O) groups is 1. The lowest BCUT2D eigenvalue weighted by Crippen LogP contribution is -2.34. The number of hydrogen-bond acceptors (Lipinski definition) is 2. The molecule has 5 heteroatoms. The molecule has 1 heterocycles. The highest BCUT2D eigenvalue weighted by Gasteiger charge is 2.32. The SMILES string of the molecule is CC(C(=O)NCCn1c(=O)[nH]c2ccccc21)C1CC1. The predicted molar refractivity (Wildman–Crippen MR) is 77.5 cm³/mol. The molecular formula is C15H19N3O2. The minimum atomic E-state index is -0.129. The largest absolute Gasteiger partial charge is 0.354 e. The van der Waals surface area contributed by atoms with Crippen LogP contribution in [-0.2, 0) is 11.3 Å². The van der Waals surface area contributed by atoms with E-state index >= 15 is 0 Å². The highest BCUT2D eigenvalue weighted by atomic mass is 16.2. The summed E-state index contributed by atoms with van der Waals surface area (Å²) in [5, 5.41) is 2.92. The first-order valence-corrected chi connectivity index (χ1v) is 7.12. The first-order chi connectivity index (χ1) is 9.66. The van der Waals surface area contributed by atoms with Gasteiger partial charge in [-0.3, -0.25) is 9.36 Å². The number of nitrogens with one attached hydrogen (secondary N) is 2. The topological polar surface area (TPSA) is 66.9 Å². The van der Waals surface area contributed by atoms with Crippen LogP contribution in [0.5, 0.6) is 0 Å². The number of rotatable bonds is 5. The summed E-state index contributed by atoms with van der Waals surface area (Å²) < 4.78 is 1.66. The van der Waals surface area contributed by atoms with E-state index in [2.05, 4.69) is 10.3 Å². The Bertz CT molecular complexity index is 682. The summed E-state index contributed by atoms with van der Waals surface area (Å²) in [5.74, 6) is 0.751. The highest BCUT2D eigenvalue weighted by Crippen LogP contribution is 2.36. The number of imidazole rings is 1. The minimum absolute atomic E-state index is 0.0923. The summed E-state index contributed by atoms with van der Waals surface area (Å²) in [7, 11) is 0. The van der Waals surface area contributed by atoms with Crippen LogP contribution in [0.15, 0.2) is 29.1 Å². The third-order valence-electron chi connectivity index (χ3n) is 4.06. The van der Waals surface area contributed by atoms with Gasteiger partial charge in [0.15, 0.2) is 0 Å². The molecule has 1 amide bonds. The van der Waals surface area contributed by atoms with E-state index in [0.717, 1.165) is 23.9 Å². The van der Waals surface area contributed by atoms with Crippen molar-refractivity contribution in [1.82, 2.24) is 14.9 Å². The Morgan fingerprint density at radius 2 is 2.20 bits per heavy atom. The molecule has 3 rings (SSSR count). The Balaban J connectivity index is 1.63. The van der Waals surface area contributed by atoms with Gasteiger partial charge in [0.2, 0.25) is 5.91 Å². The van der Waals surface area contributed by atoms with Crippen LogP contribution in [-0.4, -0.2) is 22.0 Å². The van der Waals surface area contributed by atoms with E-state index in [-0.39, 0.29) is 17.5 Å². The van der Waals surface area contributed by atoms with E-state index in [9.17, 15) is 9.59 Å². The maximum absolute atomic E-state index is 11.9. The lowest BCUT2D eigenvalue weighted by atomic mass is 10.1. The Morgan fingerprint density at radius 3 is 2.95 bits per heavy atom. The van der Waals surface area contributed by atoms with Crippen LogP contribution in [0, 0.1) is 11.8 Å². The molecule has 1 unspecified atom stereocenters. The molecule has 0 aliphatic heterocycles. The summed E-state index contributed by atoms with van der Waals surface area (Å²) in [6.07, 6.45) is 2.33. The molecule has 1 fully saturated rings. The quantitative estimate of drug-likeness (QED) is 0.866. The molecule has 2 aromatic rings. The van der Waals surface area contributed by atoms with Crippen molar-refractivity contribution in [3.05, 3.63) is 34.7 Å². The summed E-state index contributed by atoms with van der Waals surface area (Å²) in [6, 6.07) is 7.57. The molecule has 1 saturated carbocycles. The zero-order chi connectivity index (χ0) is 14.1. The van der Waals surface area contributed by atoms with Crippen LogP contribution in [0.25, 0.3) is 11.0 Å². The number of hydrogen-bond donors (Lipinski definition) is 2. The number of aromatic nitrogens is 2. The lowest BCUT2D eigenvalue weighted by molar-refractivity contribution is -0.125. The van der Waals surface area contributed by atoms with Crippen LogP contribution in [0.1, 0.15) is 19.8 Å². The molecule has 0 saturated heterocycles. The smallest absolute Gasteiger partial charge is 0.326 e. The van der Waals surface area contributed by atoms with Gasteiger partial charge in [0.25, 0.3) is 0 Å². The van der Waals surface area contributed by atoms with Gasteiger partial charge in [-0.05, 0) is 30.9 Å². The second-order valence-electron chi connectivity index (χ2n) is 5.52. The van der Waals surface area contributed by atoms with Gasteiger partial charge in [-0.25, -0.2) is 4.79 Å². The molecule has 0 radical (unpaired) electrons. The van der Waals surface area contributed by atoms with Gasteiger partial charge in [-0.1, -0.05) is 19.1 Å². The third-order valence-corrected chi connectivity index (χ3v) is 4.06. The van der Waals surface area contributed by atoms with Crippen molar-refractivity contribution < 1.29 is 4.79 Å². The van der Waals surface area contributed by atoms with Crippen LogP contribution < -0.4 is 11.0 Å². The highest BCUT2D eigenvalue weighted by molar-refractivity contribution is 5.79. The van der Waals surface area contributed by atoms with Gasteiger partial charge in [0.1, 0.15) is 0 Å². The first kappa shape index (κ1) is 13.0. The van der Waals surface area contributed by atoms with Crippen molar-refractivity contribution in [1.29, 1.82) is 0 Å². The normalized spacial score (nSPS) is 16.2. The summed E-state index contributed by atoms with van der Waals surface area (Å²) in [4.78, 5) is 26.6. The zero-order valence-electron chi connectivity index (χ0n) is 11.6. The van der Waals surface area contributed by atoms with Crippen LogP contribution in [0.4, 0.5) is 0 Å². The van der Waals surface area contributed by atoms with E-state index in [0.29, 0.717) is 19.0 Å². The van der Waals surface area contributed by atoms with Crippen LogP contribution in [0.2, 0.25) is 0 Å². The number of para-hydroxylation sites is 2. The molecular weight excluding hydrogens is 254 g/mol. The van der Waals surface area contributed by atoms with Crippen molar-refractivity contribution in [3.63, 3.8) is 0 Å². The zero-order valence-corrected chi connectivity index (χ0v) is 11.6. The van der Waals surface area contributed by atoms with Crippen LogP contribution >= 0.6 is 0 Å². The molecule has 2 N–H and O–H groups in total. The molecule has 20 heavy (non-hydrogen) atoms. The maximum atomic E-state index is 11.9. The number of amides is 1. The molecule has 0 bridgehead atoms. The van der Waals surface area contributed by atoms with Crippen molar-refractivity contribution >= 4 is 16.9 Å². The predicted octanol–water partition coefficient (Wildman–Crippen LogP) is 1.49. The fourth-order valence-corrected chi connectivity index (χ4v) is 2.59. The van der Waals surface area contributed by atoms with Crippen molar-refractivity contribution in [2.45, 2.75) is 26.3 Å². The number of benzene rings is 1. The van der Waals surface area contributed by atoms with Crippen molar-refractivity contribution in [2.75, 3.05) is 6.54 Å². The third kappa shape index (κ3) is 2.48. The second-order valence-corrected chi connectivity index (χ2v) is 5.52. The van der Waals surface area contributed by atoms with E-state index < -0.39 is 0 Å². The lowest BCUT2D eigenvalue weighted by Gasteiger charge is -2.11. The maximum Gasteiger partial charge on any atom is 0.326 e. The Labute approximate surface area is 117 Å². The molecule has 0 spiro atoms. The minimum Gasteiger partial charge on any atom is -0.354 e. The van der Waals surface area contributed by atoms with E-state index in [4.69, 9.17) is 0 Å².